The van der Waals surface area contributed by atoms with Gasteiger partial charge in [-0.05, 0) is 66.1 Å². The van der Waals surface area contributed by atoms with E-state index in [9.17, 15) is 14.0 Å². The number of likely N-dealkylation sites (tertiary alicyclic amines) is 1. The van der Waals surface area contributed by atoms with Gasteiger partial charge >= 0.3 is 5.97 Å². The van der Waals surface area contributed by atoms with Crippen LogP contribution in [0.3, 0.4) is 0 Å². The second-order valence-electron chi connectivity index (χ2n) is 7.68. The molecule has 0 bridgehead atoms. The van der Waals surface area contributed by atoms with Crippen LogP contribution in [0.2, 0.25) is 0 Å². The van der Waals surface area contributed by atoms with E-state index in [1.807, 2.05) is 0 Å². The molecular formula is C26H24FNO5. The number of rotatable bonds is 8. The fourth-order valence-corrected chi connectivity index (χ4v) is 3.87. The van der Waals surface area contributed by atoms with Crippen LogP contribution in [-0.2, 0) is 16.0 Å². The van der Waals surface area contributed by atoms with Crippen molar-refractivity contribution in [2.45, 2.75) is 18.6 Å². The van der Waals surface area contributed by atoms with Crippen molar-refractivity contribution in [2.75, 3.05) is 20.8 Å². The number of carbonyl (C=O) groups is 2. The van der Waals surface area contributed by atoms with Crippen LogP contribution in [0.25, 0.3) is 0 Å². The number of β-lactam (4-membered cyclic amide) rings is 1. The van der Waals surface area contributed by atoms with E-state index in [0.717, 1.165) is 11.1 Å². The van der Waals surface area contributed by atoms with Crippen molar-refractivity contribution >= 4 is 11.9 Å². The Morgan fingerprint density at radius 2 is 1.55 bits per heavy atom. The summed E-state index contributed by atoms with van der Waals surface area (Å²) in [6.07, 6.45) is -0.117. The van der Waals surface area contributed by atoms with Gasteiger partial charge in [0.1, 0.15) is 23.4 Å². The van der Waals surface area contributed by atoms with E-state index in [-0.39, 0.29) is 17.8 Å². The molecule has 1 heterocycles. The van der Waals surface area contributed by atoms with Gasteiger partial charge in [-0.2, -0.15) is 0 Å². The van der Waals surface area contributed by atoms with Crippen molar-refractivity contribution in [2.24, 2.45) is 0 Å². The molecule has 4 rings (SSSR count). The normalized spacial score (nSPS) is 17.3. The fraction of sp³-hybridized carbons (Fsp3) is 0.231. The van der Waals surface area contributed by atoms with Gasteiger partial charge in [-0.1, -0.05) is 24.3 Å². The lowest BCUT2D eigenvalue weighted by Crippen LogP contribution is -2.61. The molecule has 1 aliphatic heterocycles. The first-order valence-electron chi connectivity index (χ1n) is 10.5. The summed E-state index contributed by atoms with van der Waals surface area (Å²) in [5.74, 6) is 0.400. The largest absolute Gasteiger partial charge is 0.497 e. The predicted molar refractivity (Wildman–Crippen MR) is 120 cm³/mol. The molecule has 0 spiro atoms. The van der Waals surface area contributed by atoms with Crippen LogP contribution in [0.15, 0.2) is 72.8 Å². The predicted octanol–water partition coefficient (Wildman–Crippen LogP) is 4.19. The van der Waals surface area contributed by atoms with Crippen molar-refractivity contribution in [1.29, 1.82) is 0 Å². The molecule has 7 heteroatoms. The first kappa shape index (κ1) is 22.3. The summed E-state index contributed by atoms with van der Waals surface area (Å²) in [5.41, 5.74) is 2.21. The highest BCUT2D eigenvalue weighted by molar-refractivity contribution is 5.90. The topological polar surface area (TPSA) is 65.1 Å². The van der Waals surface area contributed by atoms with Gasteiger partial charge in [0.2, 0.25) is 6.10 Å². The maximum atomic E-state index is 13.2. The van der Waals surface area contributed by atoms with E-state index in [2.05, 4.69) is 0 Å². The standard InChI is InChI=1S/C26H24FNO5/c1-31-21-11-13-22(14-12-21)33-24-23(18-5-7-19(8-6-18)26(30)32-2)28(25(24)29)16-15-17-3-9-20(27)10-4-17/h3-14,23-24H,15-16H2,1-2H3/t23-,24-/m1/s1. The summed E-state index contributed by atoms with van der Waals surface area (Å²) < 4.78 is 29.2. The van der Waals surface area contributed by atoms with Crippen molar-refractivity contribution in [3.63, 3.8) is 0 Å². The van der Waals surface area contributed by atoms with Crippen molar-refractivity contribution in [3.05, 3.63) is 95.3 Å². The first-order chi connectivity index (χ1) is 16.0. The molecule has 0 saturated carbocycles. The van der Waals surface area contributed by atoms with Crippen LogP contribution in [0.4, 0.5) is 4.39 Å². The Hall–Kier alpha value is -3.87. The van der Waals surface area contributed by atoms with Crippen molar-refractivity contribution in [3.8, 4) is 11.5 Å². The number of halogens is 1. The minimum absolute atomic E-state index is 0.130. The summed E-state index contributed by atoms with van der Waals surface area (Å²) in [4.78, 5) is 26.5. The molecule has 2 atom stereocenters. The lowest BCUT2D eigenvalue weighted by Gasteiger charge is -2.47. The Morgan fingerprint density at radius 1 is 0.909 bits per heavy atom. The van der Waals surface area contributed by atoms with Gasteiger partial charge in [-0.15, -0.1) is 0 Å². The maximum absolute atomic E-state index is 13.2. The van der Waals surface area contributed by atoms with Gasteiger partial charge in [-0.25, -0.2) is 9.18 Å². The Kier molecular flexibility index (Phi) is 6.58. The molecule has 3 aromatic carbocycles. The molecule has 0 N–H and O–H groups in total. The van der Waals surface area contributed by atoms with Crippen molar-refractivity contribution < 1.29 is 28.2 Å². The summed E-state index contributed by atoms with van der Waals surface area (Å²) in [7, 11) is 2.91. The van der Waals surface area contributed by atoms with Gasteiger partial charge < -0.3 is 19.1 Å². The number of benzene rings is 3. The molecule has 0 radical (unpaired) electrons. The van der Waals surface area contributed by atoms with E-state index in [4.69, 9.17) is 14.2 Å². The Bertz CT molecular complexity index is 1110. The number of esters is 1. The van der Waals surface area contributed by atoms with Crippen LogP contribution in [0.5, 0.6) is 11.5 Å². The monoisotopic (exact) mass is 449 g/mol. The van der Waals surface area contributed by atoms with Crippen LogP contribution >= 0.6 is 0 Å². The van der Waals surface area contributed by atoms with Crippen LogP contribution in [-0.4, -0.2) is 43.6 Å². The highest BCUT2D eigenvalue weighted by Crippen LogP contribution is 2.38. The lowest BCUT2D eigenvalue weighted by atomic mass is 9.89. The van der Waals surface area contributed by atoms with E-state index in [1.165, 1.54) is 19.2 Å². The van der Waals surface area contributed by atoms with Gasteiger partial charge in [0, 0.05) is 6.54 Å². The van der Waals surface area contributed by atoms with Crippen molar-refractivity contribution in [1.82, 2.24) is 4.90 Å². The summed E-state index contributed by atoms with van der Waals surface area (Å²) in [6.45, 7) is 0.455. The van der Waals surface area contributed by atoms with Gasteiger partial charge in [0.05, 0.1) is 19.8 Å². The molecule has 0 aromatic heterocycles. The first-order valence-corrected chi connectivity index (χ1v) is 10.5. The third-order valence-electron chi connectivity index (χ3n) is 5.70. The lowest BCUT2D eigenvalue weighted by molar-refractivity contribution is -0.164. The number of amides is 1. The number of hydrogen-bond acceptors (Lipinski definition) is 5. The molecule has 170 valence electrons. The van der Waals surface area contributed by atoms with E-state index in [0.29, 0.717) is 30.0 Å². The van der Waals surface area contributed by atoms with E-state index >= 15 is 0 Å². The molecule has 0 aliphatic carbocycles. The highest BCUT2D eigenvalue weighted by atomic mass is 19.1. The van der Waals surface area contributed by atoms with E-state index in [1.54, 1.807) is 72.7 Å². The molecule has 3 aromatic rings. The molecule has 1 aliphatic rings. The number of nitrogens with zero attached hydrogens (tertiary/aromatic N) is 1. The zero-order chi connectivity index (χ0) is 23.4. The quantitative estimate of drug-likeness (QED) is 0.381. The summed E-state index contributed by atoms with van der Waals surface area (Å²) >= 11 is 0. The fourth-order valence-electron chi connectivity index (χ4n) is 3.87. The van der Waals surface area contributed by atoms with Crippen LogP contribution in [0, 0.1) is 5.82 Å². The minimum atomic E-state index is -0.699. The second kappa shape index (κ2) is 9.73. The van der Waals surface area contributed by atoms with Gasteiger partial charge in [0.15, 0.2) is 0 Å². The zero-order valence-corrected chi connectivity index (χ0v) is 18.4. The average Bonchev–Trinajstić information content (AvgIpc) is 2.86. The number of carbonyl (C=O) groups excluding carboxylic acids is 2. The average molecular weight is 449 g/mol. The molecule has 0 unspecified atom stereocenters. The third-order valence-corrected chi connectivity index (χ3v) is 5.70. The molecular weight excluding hydrogens is 425 g/mol. The van der Waals surface area contributed by atoms with Gasteiger partial charge in [-0.3, -0.25) is 4.79 Å². The zero-order valence-electron chi connectivity index (χ0n) is 18.4. The second-order valence-corrected chi connectivity index (χ2v) is 7.68. The van der Waals surface area contributed by atoms with Crippen LogP contribution < -0.4 is 9.47 Å². The molecule has 1 fully saturated rings. The van der Waals surface area contributed by atoms with Crippen LogP contribution in [0.1, 0.15) is 27.5 Å². The van der Waals surface area contributed by atoms with E-state index < -0.39 is 12.1 Å². The number of ether oxygens (including phenoxy) is 3. The highest BCUT2D eigenvalue weighted by Gasteiger charge is 2.49. The number of methoxy groups -OCH3 is 2. The SMILES string of the molecule is COC(=O)c1ccc([C@@H]2[C@@H](Oc3ccc(OC)cc3)C(=O)N2CCc2ccc(F)cc2)cc1. The van der Waals surface area contributed by atoms with Gasteiger partial charge in [0.25, 0.3) is 5.91 Å². The summed E-state index contributed by atoms with van der Waals surface area (Å²) in [6, 6.07) is 19.9. The minimum Gasteiger partial charge on any atom is -0.497 e. The maximum Gasteiger partial charge on any atom is 0.337 e. The molecule has 6 nitrogen and oxygen atoms in total. The number of hydrogen-bond donors (Lipinski definition) is 0. The Morgan fingerprint density at radius 3 is 2.15 bits per heavy atom. The molecule has 1 saturated heterocycles. The third kappa shape index (κ3) is 4.82. The summed E-state index contributed by atoms with van der Waals surface area (Å²) in [5, 5.41) is 0. The Labute approximate surface area is 191 Å². The molecule has 33 heavy (non-hydrogen) atoms. The smallest absolute Gasteiger partial charge is 0.337 e. The Balaban J connectivity index is 1.55. The molecule has 1 amide bonds.